The zero-order valence-corrected chi connectivity index (χ0v) is 11.5. The molecule has 0 amide bonds. The van der Waals surface area contributed by atoms with Gasteiger partial charge in [0.2, 0.25) is 0 Å². The monoisotopic (exact) mass is 257 g/mol. The summed E-state index contributed by atoms with van der Waals surface area (Å²) in [4.78, 5) is 17.0. The van der Waals surface area contributed by atoms with Crippen LogP contribution in [0.3, 0.4) is 0 Å². The van der Waals surface area contributed by atoms with Crippen molar-refractivity contribution in [1.82, 2.24) is 5.06 Å². The van der Waals surface area contributed by atoms with Crippen molar-refractivity contribution in [3.63, 3.8) is 0 Å². The first-order valence-corrected chi connectivity index (χ1v) is 6.19. The van der Waals surface area contributed by atoms with Gasteiger partial charge in [0, 0.05) is 18.1 Å². The Labute approximate surface area is 108 Å². The SMILES string of the molecule is C=CC(Cl)=C1CCN(OC(=O)C(C)(C)C)CC1. The highest BCUT2D eigenvalue weighted by Gasteiger charge is 2.27. The summed E-state index contributed by atoms with van der Waals surface area (Å²) in [5.41, 5.74) is 0.722. The number of carbonyl (C=O) groups excluding carboxylic acids is 1. The molecule has 0 aliphatic carbocycles. The molecular formula is C13H20ClNO2. The number of carbonyl (C=O) groups is 1. The average Bonchev–Trinajstić information content (AvgIpc) is 2.27. The van der Waals surface area contributed by atoms with Crippen LogP contribution < -0.4 is 0 Å². The second kappa shape index (κ2) is 5.69. The van der Waals surface area contributed by atoms with Crippen molar-refractivity contribution in [1.29, 1.82) is 0 Å². The molecule has 17 heavy (non-hydrogen) atoms. The van der Waals surface area contributed by atoms with Gasteiger partial charge in [-0.2, -0.15) is 0 Å². The van der Waals surface area contributed by atoms with Gasteiger partial charge in [-0.15, -0.1) is 5.06 Å². The summed E-state index contributed by atoms with van der Waals surface area (Å²) in [6.07, 6.45) is 3.30. The van der Waals surface area contributed by atoms with Crippen molar-refractivity contribution in [3.8, 4) is 0 Å². The van der Waals surface area contributed by atoms with E-state index in [-0.39, 0.29) is 5.97 Å². The highest BCUT2D eigenvalue weighted by atomic mass is 35.5. The van der Waals surface area contributed by atoms with E-state index in [2.05, 4.69) is 6.58 Å². The van der Waals surface area contributed by atoms with Gasteiger partial charge in [0.05, 0.1) is 5.41 Å². The Morgan fingerprint density at radius 2 is 1.94 bits per heavy atom. The lowest BCUT2D eigenvalue weighted by Crippen LogP contribution is -2.37. The minimum atomic E-state index is -0.463. The van der Waals surface area contributed by atoms with E-state index in [0.29, 0.717) is 13.1 Å². The second-order valence-corrected chi connectivity index (χ2v) is 5.62. The molecule has 0 aromatic rings. The smallest absolute Gasteiger partial charge is 0.330 e. The second-order valence-electron chi connectivity index (χ2n) is 5.21. The zero-order valence-electron chi connectivity index (χ0n) is 10.8. The summed E-state index contributed by atoms with van der Waals surface area (Å²) in [5, 5.41) is 2.44. The van der Waals surface area contributed by atoms with Crippen LogP contribution in [-0.4, -0.2) is 24.1 Å². The van der Waals surface area contributed by atoms with Gasteiger partial charge in [-0.25, -0.2) is 4.79 Å². The van der Waals surface area contributed by atoms with E-state index >= 15 is 0 Å². The summed E-state index contributed by atoms with van der Waals surface area (Å²) in [6.45, 7) is 10.6. The van der Waals surface area contributed by atoms with Crippen molar-refractivity contribution in [2.24, 2.45) is 5.41 Å². The lowest BCUT2D eigenvalue weighted by atomic mass is 9.98. The van der Waals surface area contributed by atoms with E-state index in [1.807, 2.05) is 20.8 Å². The van der Waals surface area contributed by atoms with Crippen molar-refractivity contribution in [2.45, 2.75) is 33.6 Å². The first kappa shape index (κ1) is 14.3. The van der Waals surface area contributed by atoms with E-state index in [4.69, 9.17) is 16.4 Å². The van der Waals surface area contributed by atoms with Gasteiger partial charge in [-0.3, -0.25) is 0 Å². The van der Waals surface area contributed by atoms with Crippen LogP contribution in [0.5, 0.6) is 0 Å². The lowest BCUT2D eigenvalue weighted by molar-refractivity contribution is -0.202. The molecule has 0 aromatic heterocycles. The maximum absolute atomic E-state index is 11.7. The van der Waals surface area contributed by atoms with Crippen LogP contribution >= 0.6 is 11.6 Å². The van der Waals surface area contributed by atoms with Crippen molar-refractivity contribution < 1.29 is 9.63 Å². The van der Waals surface area contributed by atoms with E-state index < -0.39 is 5.41 Å². The van der Waals surface area contributed by atoms with Crippen LogP contribution in [0.2, 0.25) is 0 Å². The predicted molar refractivity (Wildman–Crippen MR) is 69.4 cm³/mol. The third-order valence-corrected chi connectivity index (χ3v) is 3.09. The van der Waals surface area contributed by atoms with Crippen LogP contribution in [0, 0.1) is 5.41 Å². The Morgan fingerprint density at radius 3 is 2.35 bits per heavy atom. The van der Waals surface area contributed by atoms with Crippen LogP contribution in [-0.2, 0) is 9.63 Å². The van der Waals surface area contributed by atoms with Crippen LogP contribution in [0.15, 0.2) is 23.3 Å². The quantitative estimate of drug-likeness (QED) is 0.761. The molecule has 0 radical (unpaired) electrons. The number of hydrogen-bond acceptors (Lipinski definition) is 3. The molecule has 1 fully saturated rings. The number of hydroxylamine groups is 2. The Hall–Kier alpha value is -0.800. The van der Waals surface area contributed by atoms with Crippen molar-refractivity contribution in [3.05, 3.63) is 23.3 Å². The van der Waals surface area contributed by atoms with Crippen LogP contribution in [0.1, 0.15) is 33.6 Å². The third kappa shape index (κ3) is 4.17. The molecule has 0 atom stereocenters. The highest BCUT2D eigenvalue weighted by molar-refractivity contribution is 6.31. The molecule has 4 heteroatoms. The maximum atomic E-state index is 11.7. The Morgan fingerprint density at radius 1 is 1.41 bits per heavy atom. The largest absolute Gasteiger partial charge is 0.367 e. The summed E-state index contributed by atoms with van der Waals surface area (Å²) in [6, 6.07) is 0. The lowest BCUT2D eigenvalue weighted by Gasteiger charge is -2.29. The minimum absolute atomic E-state index is 0.195. The van der Waals surface area contributed by atoms with Gasteiger partial charge in [0.25, 0.3) is 0 Å². The van der Waals surface area contributed by atoms with E-state index in [1.165, 1.54) is 5.57 Å². The molecule has 1 saturated heterocycles. The predicted octanol–water partition coefficient (Wildman–Crippen LogP) is 3.27. The summed E-state index contributed by atoms with van der Waals surface area (Å²) in [7, 11) is 0. The van der Waals surface area contributed by atoms with Crippen LogP contribution in [0.4, 0.5) is 0 Å². The molecule has 96 valence electrons. The summed E-state index contributed by atoms with van der Waals surface area (Å²) >= 11 is 6.01. The van der Waals surface area contributed by atoms with E-state index in [1.54, 1.807) is 11.1 Å². The molecule has 0 bridgehead atoms. The van der Waals surface area contributed by atoms with Gasteiger partial charge in [-0.1, -0.05) is 24.3 Å². The van der Waals surface area contributed by atoms with Gasteiger partial charge >= 0.3 is 5.97 Å². The number of hydrogen-bond donors (Lipinski definition) is 0. The molecule has 1 rings (SSSR count). The topological polar surface area (TPSA) is 29.5 Å². The first-order valence-electron chi connectivity index (χ1n) is 5.82. The highest BCUT2D eigenvalue weighted by Crippen LogP contribution is 2.24. The molecule has 3 nitrogen and oxygen atoms in total. The fourth-order valence-corrected chi connectivity index (χ4v) is 1.67. The molecule has 1 aliphatic rings. The normalized spacial score (nSPS) is 17.8. The standard InChI is InChI=1S/C13H20ClNO2/c1-5-11(14)10-6-8-15(9-7-10)17-12(16)13(2,3)4/h5H,1,6-9H2,2-4H3. The van der Waals surface area contributed by atoms with Gasteiger partial charge in [-0.05, 0) is 39.2 Å². The average molecular weight is 258 g/mol. The molecule has 0 unspecified atom stereocenters. The molecule has 1 heterocycles. The van der Waals surface area contributed by atoms with Gasteiger partial charge < -0.3 is 4.84 Å². The Balaban J connectivity index is 2.49. The molecular weight excluding hydrogens is 238 g/mol. The number of rotatable bonds is 2. The van der Waals surface area contributed by atoms with Crippen molar-refractivity contribution >= 4 is 17.6 Å². The Bertz CT molecular complexity index is 332. The summed E-state index contributed by atoms with van der Waals surface area (Å²) in [5.74, 6) is -0.195. The van der Waals surface area contributed by atoms with Gasteiger partial charge in [0.1, 0.15) is 0 Å². The third-order valence-electron chi connectivity index (χ3n) is 2.67. The van der Waals surface area contributed by atoms with Crippen molar-refractivity contribution in [2.75, 3.05) is 13.1 Å². The fraction of sp³-hybridized carbons (Fsp3) is 0.615. The van der Waals surface area contributed by atoms with Gasteiger partial charge in [0.15, 0.2) is 0 Å². The molecule has 0 aromatic carbocycles. The molecule has 0 spiro atoms. The van der Waals surface area contributed by atoms with E-state index in [0.717, 1.165) is 17.9 Å². The minimum Gasteiger partial charge on any atom is -0.367 e. The van der Waals surface area contributed by atoms with E-state index in [9.17, 15) is 4.79 Å². The zero-order chi connectivity index (χ0) is 13.1. The first-order chi connectivity index (χ1) is 7.84. The molecule has 1 aliphatic heterocycles. The molecule has 0 saturated carbocycles. The number of nitrogens with zero attached hydrogens (tertiary/aromatic N) is 1. The van der Waals surface area contributed by atoms with Crippen LogP contribution in [0.25, 0.3) is 0 Å². The fourth-order valence-electron chi connectivity index (χ4n) is 1.48. The number of piperidine rings is 1. The molecule has 0 N–H and O–H groups in total. The Kier molecular flexibility index (Phi) is 4.78. The number of halogens is 1. The number of allylic oxidation sites excluding steroid dienone is 2. The summed E-state index contributed by atoms with van der Waals surface area (Å²) < 4.78 is 0. The maximum Gasteiger partial charge on any atom is 0.330 e.